The standard InChI is InChI=1S/C18H18BrN3O5S/c1-25-13-6-8-15(9-7-13)26-10-16(23)20-18(28)22-21-17(24)11-27-14-4-2-12(19)3-5-14/h2-9H,10-11H2,1H3,(H,21,24)(H2,20,22,23,28). The number of carbonyl (C=O) groups is 2. The Hall–Kier alpha value is -2.85. The van der Waals surface area contributed by atoms with Crippen LogP contribution in [0.15, 0.2) is 53.0 Å². The lowest BCUT2D eigenvalue weighted by Crippen LogP contribution is -2.50. The average molecular weight is 468 g/mol. The summed E-state index contributed by atoms with van der Waals surface area (Å²) in [5.41, 5.74) is 4.73. The number of amides is 2. The van der Waals surface area contributed by atoms with Gasteiger partial charge in [-0.15, -0.1) is 0 Å². The first-order chi connectivity index (χ1) is 13.5. The molecule has 0 aliphatic carbocycles. The maximum Gasteiger partial charge on any atom is 0.276 e. The number of benzene rings is 2. The van der Waals surface area contributed by atoms with Crippen LogP contribution < -0.4 is 30.4 Å². The molecule has 0 aliphatic heterocycles. The van der Waals surface area contributed by atoms with Gasteiger partial charge in [0.25, 0.3) is 11.8 Å². The second kappa shape index (κ2) is 11.1. The average Bonchev–Trinajstić information content (AvgIpc) is 2.70. The van der Waals surface area contributed by atoms with Gasteiger partial charge in [0.1, 0.15) is 17.2 Å². The fourth-order valence-corrected chi connectivity index (χ4v) is 2.29. The first kappa shape index (κ1) is 21.5. The molecule has 8 nitrogen and oxygen atoms in total. The van der Waals surface area contributed by atoms with Gasteiger partial charge < -0.3 is 14.2 Å². The molecule has 0 saturated carbocycles. The molecular formula is C18H18BrN3O5S. The summed E-state index contributed by atoms with van der Waals surface area (Å²) in [5, 5.41) is 2.31. The highest BCUT2D eigenvalue weighted by Gasteiger charge is 2.08. The number of ether oxygens (including phenoxy) is 3. The lowest BCUT2D eigenvalue weighted by atomic mass is 10.3. The van der Waals surface area contributed by atoms with Gasteiger partial charge in [0.05, 0.1) is 7.11 Å². The van der Waals surface area contributed by atoms with E-state index in [-0.39, 0.29) is 18.3 Å². The highest BCUT2D eigenvalue weighted by Crippen LogP contribution is 2.17. The van der Waals surface area contributed by atoms with Gasteiger partial charge in [-0.05, 0) is 60.7 Å². The lowest BCUT2D eigenvalue weighted by molar-refractivity contribution is -0.124. The Morgan fingerprint density at radius 1 is 0.857 bits per heavy atom. The maximum absolute atomic E-state index is 11.8. The van der Waals surface area contributed by atoms with Crippen molar-refractivity contribution >= 4 is 45.1 Å². The Morgan fingerprint density at radius 2 is 1.36 bits per heavy atom. The van der Waals surface area contributed by atoms with Gasteiger partial charge in [0.2, 0.25) is 0 Å². The quantitative estimate of drug-likeness (QED) is 0.422. The van der Waals surface area contributed by atoms with Crippen LogP contribution in [0.1, 0.15) is 0 Å². The van der Waals surface area contributed by atoms with Gasteiger partial charge in [-0.1, -0.05) is 15.9 Å². The Labute approximate surface area is 175 Å². The zero-order valence-corrected chi connectivity index (χ0v) is 17.3. The molecule has 2 aromatic rings. The Morgan fingerprint density at radius 3 is 1.93 bits per heavy atom. The molecule has 0 fully saturated rings. The van der Waals surface area contributed by atoms with Crippen molar-refractivity contribution in [3.8, 4) is 17.2 Å². The van der Waals surface area contributed by atoms with Crippen molar-refractivity contribution in [3.05, 3.63) is 53.0 Å². The van der Waals surface area contributed by atoms with Crippen LogP contribution in [0, 0.1) is 0 Å². The van der Waals surface area contributed by atoms with E-state index in [4.69, 9.17) is 26.4 Å². The normalized spacial score (nSPS) is 9.79. The summed E-state index contributed by atoms with van der Waals surface area (Å²) in [6, 6.07) is 13.8. The fourth-order valence-electron chi connectivity index (χ4n) is 1.86. The molecule has 0 aromatic heterocycles. The molecule has 3 N–H and O–H groups in total. The summed E-state index contributed by atoms with van der Waals surface area (Å²) < 4.78 is 16.6. The zero-order chi connectivity index (χ0) is 20.4. The molecule has 28 heavy (non-hydrogen) atoms. The summed E-state index contributed by atoms with van der Waals surface area (Å²) in [6.45, 7) is -0.458. The molecule has 0 radical (unpaired) electrons. The van der Waals surface area contributed by atoms with Crippen LogP contribution in [0.2, 0.25) is 0 Å². The third-order valence-electron chi connectivity index (χ3n) is 3.18. The van der Waals surface area contributed by atoms with E-state index in [9.17, 15) is 9.59 Å². The van der Waals surface area contributed by atoms with E-state index in [1.165, 1.54) is 0 Å². The van der Waals surface area contributed by atoms with E-state index < -0.39 is 11.8 Å². The maximum atomic E-state index is 11.8. The lowest BCUT2D eigenvalue weighted by Gasteiger charge is -2.12. The first-order valence-electron chi connectivity index (χ1n) is 8.00. The molecule has 0 atom stereocenters. The molecule has 0 aliphatic rings. The highest BCUT2D eigenvalue weighted by atomic mass is 79.9. The number of hydrogen-bond donors (Lipinski definition) is 3. The van der Waals surface area contributed by atoms with E-state index in [2.05, 4.69) is 32.1 Å². The van der Waals surface area contributed by atoms with Gasteiger partial charge in [0, 0.05) is 4.47 Å². The summed E-state index contributed by atoms with van der Waals surface area (Å²) in [4.78, 5) is 23.5. The molecule has 0 heterocycles. The summed E-state index contributed by atoms with van der Waals surface area (Å²) >= 11 is 8.24. The predicted octanol–water partition coefficient (Wildman–Crippen LogP) is 1.94. The summed E-state index contributed by atoms with van der Waals surface area (Å²) in [6.07, 6.45) is 0. The van der Waals surface area contributed by atoms with Crippen LogP contribution in [0.3, 0.4) is 0 Å². The molecule has 2 aromatic carbocycles. The minimum Gasteiger partial charge on any atom is -0.497 e. The van der Waals surface area contributed by atoms with Gasteiger partial charge >= 0.3 is 0 Å². The third-order valence-corrected chi connectivity index (χ3v) is 3.91. The van der Waals surface area contributed by atoms with Gasteiger partial charge in [-0.25, -0.2) is 0 Å². The van der Waals surface area contributed by atoms with Crippen LogP contribution in [-0.4, -0.2) is 37.3 Å². The second-order valence-electron chi connectivity index (χ2n) is 5.26. The number of hydrogen-bond acceptors (Lipinski definition) is 6. The Kier molecular flexibility index (Phi) is 8.50. The predicted molar refractivity (Wildman–Crippen MR) is 110 cm³/mol. The molecule has 148 valence electrons. The van der Waals surface area contributed by atoms with E-state index >= 15 is 0 Å². The van der Waals surface area contributed by atoms with E-state index in [0.717, 1.165) is 4.47 Å². The van der Waals surface area contributed by atoms with E-state index in [1.807, 2.05) is 0 Å². The number of thiocarbonyl (C=S) groups is 1. The number of rotatable bonds is 7. The van der Waals surface area contributed by atoms with Crippen molar-refractivity contribution in [2.24, 2.45) is 0 Å². The molecule has 0 saturated heterocycles. The molecule has 0 unspecified atom stereocenters. The minimum atomic E-state index is -0.478. The SMILES string of the molecule is COc1ccc(OCC(=O)NC(=S)NNC(=O)COc2ccc(Br)cc2)cc1. The van der Waals surface area contributed by atoms with Crippen LogP contribution in [0.5, 0.6) is 17.2 Å². The van der Waals surface area contributed by atoms with Gasteiger partial charge in [-0.2, -0.15) is 0 Å². The number of hydrazine groups is 1. The Bertz CT molecular complexity index is 815. The first-order valence-corrected chi connectivity index (χ1v) is 9.20. The minimum absolute atomic E-state index is 0.0691. The molecule has 0 spiro atoms. The van der Waals surface area contributed by atoms with Crippen LogP contribution in [-0.2, 0) is 9.59 Å². The molecule has 2 rings (SSSR count). The van der Waals surface area contributed by atoms with Crippen molar-refractivity contribution in [2.45, 2.75) is 0 Å². The van der Waals surface area contributed by atoms with Crippen molar-refractivity contribution in [3.63, 3.8) is 0 Å². The summed E-state index contributed by atoms with van der Waals surface area (Å²) in [7, 11) is 1.56. The van der Waals surface area contributed by atoms with Crippen molar-refractivity contribution in [1.29, 1.82) is 0 Å². The topological polar surface area (TPSA) is 97.9 Å². The number of methoxy groups -OCH3 is 1. The van der Waals surface area contributed by atoms with Gasteiger partial charge in [-0.3, -0.25) is 25.8 Å². The molecule has 2 amide bonds. The molecule has 10 heteroatoms. The highest BCUT2D eigenvalue weighted by molar-refractivity contribution is 9.10. The van der Waals surface area contributed by atoms with Crippen molar-refractivity contribution in [2.75, 3.05) is 20.3 Å². The summed E-state index contributed by atoms with van der Waals surface area (Å²) in [5.74, 6) is 0.794. The number of nitrogens with one attached hydrogen (secondary N) is 3. The van der Waals surface area contributed by atoms with Crippen molar-refractivity contribution < 1.29 is 23.8 Å². The zero-order valence-electron chi connectivity index (χ0n) is 14.9. The van der Waals surface area contributed by atoms with Crippen LogP contribution >= 0.6 is 28.1 Å². The van der Waals surface area contributed by atoms with Gasteiger partial charge in [0.15, 0.2) is 18.3 Å². The number of carbonyl (C=O) groups excluding carboxylic acids is 2. The monoisotopic (exact) mass is 467 g/mol. The van der Waals surface area contributed by atoms with E-state index in [0.29, 0.717) is 17.2 Å². The van der Waals surface area contributed by atoms with Crippen molar-refractivity contribution in [1.82, 2.24) is 16.2 Å². The molecular weight excluding hydrogens is 450 g/mol. The smallest absolute Gasteiger partial charge is 0.276 e. The Balaban J connectivity index is 1.63. The largest absolute Gasteiger partial charge is 0.497 e. The third kappa shape index (κ3) is 7.80. The van der Waals surface area contributed by atoms with Crippen LogP contribution in [0.25, 0.3) is 0 Å². The second-order valence-corrected chi connectivity index (χ2v) is 6.58. The van der Waals surface area contributed by atoms with E-state index in [1.54, 1.807) is 55.6 Å². The fraction of sp³-hybridized carbons (Fsp3) is 0.167. The number of halogens is 1. The molecule has 0 bridgehead atoms. The van der Waals surface area contributed by atoms with Crippen LogP contribution in [0.4, 0.5) is 0 Å².